The van der Waals surface area contributed by atoms with Crippen molar-refractivity contribution in [1.82, 2.24) is 0 Å². The molecule has 0 aliphatic carbocycles. The van der Waals surface area contributed by atoms with Crippen LogP contribution >= 0.6 is 34.8 Å². The van der Waals surface area contributed by atoms with Gasteiger partial charge < -0.3 is 5.32 Å². The van der Waals surface area contributed by atoms with Crippen molar-refractivity contribution in [3.63, 3.8) is 0 Å². The molecule has 3 rings (SSSR count). The number of hydrogen-bond donors (Lipinski definition) is 1. The van der Waals surface area contributed by atoms with E-state index < -0.39 is 5.41 Å². The van der Waals surface area contributed by atoms with Crippen LogP contribution in [0.1, 0.15) is 30.9 Å². The molecule has 1 N–H and O–H groups in total. The lowest BCUT2D eigenvalue weighted by atomic mass is 9.78. The van der Waals surface area contributed by atoms with E-state index in [2.05, 4.69) is 11.2 Å². The first-order valence-electron chi connectivity index (χ1n) is 9.55. The molecule has 0 aliphatic heterocycles. The fourth-order valence-electron chi connectivity index (χ4n) is 3.30. The maximum absolute atomic E-state index is 14.3. The minimum Gasteiger partial charge on any atom is -0.353 e. The standard InChI is InChI=1S/C25H21Cl3FN/c1-3-25(2,18-7-12-21(27)22(28)16-18)14-4-5-17-6-13-23(29)24(15-17)30-20-10-8-19(26)9-11-20/h1,6-13,15-16,30H,4-5,14H2,2H3. The zero-order valence-electron chi connectivity index (χ0n) is 16.5. The maximum Gasteiger partial charge on any atom is 0.146 e. The van der Waals surface area contributed by atoms with Crippen molar-refractivity contribution < 1.29 is 4.39 Å². The summed E-state index contributed by atoms with van der Waals surface area (Å²) in [5.74, 6) is 2.59. The molecule has 1 atom stereocenters. The van der Waals surface area contributed by atoms with E-state index in [1.165, 1.54) is 6.07 Å². The van der Waals surface area contributed by atoms with Gasteiger partial charge in [0.05, 0.1) is 21.1 Å². The minimum absolute atomic E-state index is 0.307. The number of hydrogen-bond acceptors (Lipinski definition) is 1. The molecule has 0 heterocycles. The van der Waals surface area contributed by atoms with Gasteiger partial charge in [-0.3, -0.25) is 0 Å². The number of rotatable bonds is 7. The molecular formula is C25H21Cl3FN. The Balaban J connectivity index is 1.68. The van der Waals surface area contributed by atoms with E-state index in [0.29, 0.717) is 20.8 Å². The van der Waals surface area contributed by atoms with Gasteiger partial charge in [0.1, 0.15) is 5.82 Å². The van der Waals surface area contributed by atoms with Gasteiger partial charge in [0, 0.05) is 10.7 Å². The average molecular weight is 461 g/mol. The summed E-state index contributed by atoms with van der Waals surface area (Å²) in [5.41, 5.74) is 2.73. The van der Waals surface area contributed by atoms with Gasteiger partial charge in [-0.05, 0) is 85.8 Å². The fraction of sp³-hybridized carbons (Fsp3) is 0.200. The second-order valence-electron chi connectivity index (χ2n) is 7.40. The lowest BCUT2D eigenvalue weighted by Gasteiger charge is -2.24. The van der Waals surface area contributed by atoms with Gasteiger partial charge >= 0.3 is 0 Å². The van der Waals surface area contributed by atoms with Crippen molar-refractivity contribution in [1.29, 1.82) is 0 Å². The van der Waals surface area contributed by atoms with Gasteiger partial charge in [0.15, 0.2) is 0 Å². The molecule has 1 nitrogen and oxygen atoms in total. The van der Waals surface area contributed by atoms with Crippen molar-refractivity contribution in [3.8, 4) is 12.3 Å². The average Bonchev–Trinajstić information content (AvgIpc) is 2.73. The Labute approximate surface area is 192 Å². The van der Waals surface area contributed by atoms with Gasteiger partial charge in [0.2, 0.25) is 0 Å². The molecule has 0 spiro atoms. The van der Waals surface area contributed by atoms with E-state index in [1.807, 2.05) is 37.3 Å². The van der Waals surface area contributed by atoms with Crippen LogP contribution in [0, 0.1) is 18.2 Å². The van der Waals surface area contributed by atoms with Crippen LogP contribution in [0.4, 0.5) is 15.8 Å². The summed E-state index contributed by atoms with van der Waals surface area (Å²) in [6.45, 7) is 2.02. The second-order valence-corrected chi connectivity index (χ2v) is 8.66. The van der Waals surface area contributed by atoms with Crippen molar-refractivity contribution in [2.24, 2.45) is 0 Å². The van der Waals surface area contributed by atoms with Gasteiger partial charge in [-0.25, -0.2) is 4.39 Å². The van der Waals surface area contributed by atoms with E-state index in [0.717, 1.165) is 36.1 Å². The quantitative estimate of drug-likeness (QED) is 0.349. The highest BCUT2D eigenvalue weighted by Gasteiger charge is 2.24. The minimum atomic E-state index is -0.460. The summed E-state index contributed by atoms with van der Waals surface area (Å²) in [4.78, 5) is 0. The molecule has 0 aromatic heterocycles. The Bertz CT molecular complexity index is 1070. The summed E-state index contributed by atoms with van der Waals surface area (Å²) in [6, 6.07) is 17.8. The van der Waals surface area contributed by atoms with Crippen LogP contribution in [0.3, 0.4) is 0 Å². The molecule has 0 saturated carbocycles. The molecule has 30 heavy (non-hydrogen) atoms. The highest BCUT2D eigenvalue weighted by molar-refractivity contribution is 6.42. The number of nitrogens with one attached hydrogen (secondary N) is 1. The molecular weight excluding hydrogens is 440 g/mol. The summed E-state index contributed by atoms with van der Waals surface area (Å²) >= 11 is 18.1. The molecule has 0 radical (unpaired) electrons. The van der Waals surface area contributed by atoms with Crippen LogP contribution in [-0.4, -0.2) is 0 Å². The lowest BCUT2D eigenvalue weighted by Crippen LogP contribution is -2.19. The highest BCUT2D eigenvalue weighted by atomic mass is 35.5. The first-order chi connectivity index (χ1) is 14.3. The lowest BCUT2D eigenvalue weighted by molar-refractivity contribution is 0.533. The molecule has 1 unspecified atom stereocenters. The molecule has 0 aliphatic rings. The zero-order valence-corrected chi connectivity index (χ0v) is 18.8. The molecule has 0 bridgehead atoms. The van der Waals surface area contributed by atoms with E-state index in [1.54, 1.807) is 24.3 Å². The Hall–Kier alpha value is -2.18. The molecule has 5 heteroatoms. The zero-order chi connectivity index (χ0) is 21.7. The van der Waals surface area contributed by atoms with Gasteiger partial charge in [-0.2, -0.15) is 0 Å². The SMILES string of the molecule is C#CC(C)(CCCc1ccc(F)c(Nc2ccc(Cl)cc2)c1)c1ccc(Cl)c(Cl)c1. The summed E-state index contributed by atoms with van der Waals surface area (Å²) in [5, 5.41) is 4.73. The number of anilines is 2. The Morgan fingerprint density at radius 3 is 2.37 bits per heavy atom. The highest BCUT2D eigenvalue weighted by Crippen LogP contribution is 2.33. The second kappa shape index (κ2) is 9.75. The smallest absolute Gasteiger partial charge is 0.146 e. The van der Waals surface area contributed by atoms with E-state index in [4.69, 9.17) is 41.2 Å². The third-order valence-electron chi connectivity index (χ3n) is 5.17. The van der Waals surface area contributed by atoms with Crippen molar-refractivity contribution in [3.05, 3.63) is 92.7 Å². The molecule has 0 amide bonds. The van der Waals surface area contributed by atoms with E-state index in [9.17, 15) is 4.39 Å². The molecule has 0 saturated heterocycles. The van der Waals surface area contributed by atoms with Gasteiger partial charge in [0.25, 0.3) is 0 Å². The maximum atomic E-state index is 14.3. The van der Waals surface area contributed by atoms with Crippen LogP contribution < -0.4 is 5.32 Å². The summed E-state index contributed by atoms with van der Waals surface area (Å²) < 4.78 is 14.3. The van der Waals surface area contributed by atoms with Crippen LogP contribution in [0.15, 0.2) is 60.7 Å². The predicted molar refractivity (Wildman–Crippen MR) is 127 cm³/mol. The van der Waals surface area contributed by atoms with Crippen LogP contribution in [0.2, 0.25) is 15.1 Å². The molecule has 154 valence electrons. The Morgan fingerprint density at radius 2 is 1.70 bits per heavy atom. The topological polar surface area (TPSA) is 12.0 Å². The number of halogens is 4. The Kier molecular flexibility index (Phi) is 7.32. The normalized spacial score (nSPS) is 12.8. The Morgan fingerprint density at radius 1 is 0.967 bits per heavy atom. The van der Waals surface area contributed by atoms with Crippen LogP contribution in [0.25, 0.3) is 0 Å². The summed E-state index contributed by atoms with van der Waals surface area (Å²) in [6.07, 6.45) is 8.23. The van der Waals surface area contributed by atoms with Crippen molar-refractivity contribution in [2.75, 3.05) is 5.32 Å². The predicted octanol–water partition coefficient (Wildman–Crippen LogP) is 8.44. The van der Waals surface area contributed by atoms with E-state index in [-0.39, 0.29) is 5.82 Å². The first kappa shape index (κ1) is 22.5. The molecule has 3 aromatic carbocycles. The third-order valence-corrected chi connectivity index (χ3v) is 6.16. The van der Waals surface area contributed by atoms with Gasteiger partial charge in [-0.15, -0.1) is 6.42 Å². The molecule has 3 aromatic rings. The van der Waals surface area contributed by atoms with Crippen LogP contribution in [-0.2, 0) is 11.8 Å². The van der Waals surface area contributed by atoms with Crippen molar-refractivity contribution >= 4 is 46.2 Å². The van der Waals surface area contributed by atoms with Crippen LogP contribution in [0.5, 0.6) is 0 Å². The van der Waals surface area contributed by atoms with Crippen molar-refractivity contribution in [2.45, 2.75) is 31.6 Å². The fourth-order valence-corrected chi connectivity index (χ4v) is 3.72. The first-order valence-corrected chi connectivity index (χ1v) is 10.7. The number of benzene rings is 3. The monoisotopic (exact) mass is 459 g/mol. The number of terminal acetylenes is 1. The summed E-state index contributed by atoms with van der Waals surface area (Å²) in [7, 11) is 0. The van der Waals surface area contributed by atoms with E-state index >= 15 is 0 Å². The van der Waals surface area contributed by atoms with Gasteiger partial charge in [-0.1, -0.05) is 52.9 Å². The largest absolute Gasteiger partial charge is 0.353 e. The molecule has 0 fully saturated rings. The third kappa shape index (κ3) is 5.49. The number of aryl methyl sites for hydroxylation is 1.